The number of halogens is 3. The van der Waals surface area contributed by atoms with Crippen molar-refractivity contribution in [1.29, 1.82) is 5.26 Å². The third-order valence-electron chi connectivity index (χ3n) is 3.08. The van der Waals surface area contributed by atoms with Gasteiger partial charge >= 0.3 is 0 Å². The van der Waals surface area contributed by atoms with Crippen molar-refractivity contribution < 1.29 is 17.2 Å². The number of alkyl halides is 2. The molecule has 0 fully saturated rings. The Morgan fingerprint density at radius 1 is 1.38 bits per heavy atom. The van der Waals surface area contributed by atoms with Crippen LogP contribution in [0, 0.1) is 11.3 Å². The Morgan fingerprint density at radius 2 is 2.08 bits per heavy atom. The summed E-state index contributed by atoms with van der Waals surface area (Å²) in [5.74, 6) is -0.189. The summed E-state index contributed by atoms with van der Waals surface area (Å²) in [5, 5.41) is 8.75. The van der Waals surface area contributed by atoms with E-state index in [-0.39, 0.29) is 33.3 Å². The molecule has 6 nitrogen and oxygen atoms in total. The lowest BCUT2D eigenvalue weighted by Gasteiger charge is -2.11. The van der Waals surface area contributed by atoms with Crippen molar-refractivity contribution >= 4 is 27.3 Å². The molecule has 0 atom stereocenters. The van der Waals surface area contributed by atoms with Gasteiger partial charge in [-0.15, -0.1) is 0 Å². The number of benzene rings is 1. The van der Waals surface area contributed by atoms with Gasteiger partial charge in [0.15, 0.2) is 0 Å². The molecule has 0 radical (unpaired) electrons. The van der Waals surface area contributed by atoms with Crippen LogP contribution in [0.5, 0.6) is 0 Å². The van der Waals surface area contributed by atoms with Gasteiger partial charge in [-0.3, -0.25) is 4.72 Å². The SMILES string of the molecule is CCS(=O)(=O)Nc1cc(-c2ncnc(C(F)F)c2Cl)ccc1C#N. The Bertz CT molecular complexity index is 913. The molecule has 1 heterocycles. The Labute approximate surface area is 142 Å². The summed E-state index contributed by atoms with van der Waals surface area (Å²) in [7, 11) is -3.62. The van der Waals surface area contributed by atoms with E-state index in [1.165, 1.54) is 25.1 Å². The minimum absolute atomic E-state index is 0.0170. The minimum atomic E-state index is -3.62. The molecular formula is C14H11ClF2N4O2S. The van der Waals surface area contributed by atoms with Crippen LogP contribution >= 0.6 is 11.6 Å². The van der Waals surface area contributed by atoms with Crippen LogP contribution in [-0.4, -0.2) is 24.1 Å². The smallest absolute Gasteiger partial charge is 0.281 e. The molecule has 1 aromatic carbocycles. The maximum Gasteiger partial charge on any atom is 0.281 e. The average Bonchev–Trinajstić information content (AvgIpc) is 2.54. The van der Waals surface area contributed by atoms with Gasteiger partial charge in [0.05, 0.1) is 27.7 Å². The number of nitrogens with one attached hydrogen (secondary N) is 1. The van der Waals surface area contributed by atoms with E-state index in [0.717, 1.165) is 6.33 Å². The lowest BCUT2D eigenvalue weighted by molar-refractivity contribution is 0.146. The first-order valence-electron chi connectivity index (χ1n) is 6.62. The lowest BCUT2D eigenvalue weighted by Crippen LogP contribution is -2.15. The average molecular weight is 373 g/mol. The van der Waals surface area contributed by atoms with Crippen molar-refractivity contribution in [2.24, 2.45) is 0 Å². The molecule has 0 aliphatic rings. The van der Waals surface area contributed by atoms with Crippen LogP contribution in [0.15, 0.2) is 24.5 Å². The number of aromatic nitrogens is 2. The van der Waals surface area contributed by atoms with Crippen molar-refractivity contribution in [3.63, 3.8) is 0 Å². The monoisotopic (exact) mass is 372 g/mol. The molecule has 0 unspecified atom stereocenters. The summed E-state index contributed by atoms with van der Waals surface area (Å²) in [6.45, 7) is 1.44. The Hall–Kier alpha value is -2.31. The molecule has 10 heteroatoms. The maximum atomic E-state index is 12.9. The van der Waals surface area contributed by atoms with Gasteiger partial charge in [-0.2, -0.15) is 5.26 Å². The van der Waals surface area contributed by atoms with Gasteiger partial charge in [-0.25, -0.2) is 27.2 Å². The highest BCUT2D eigenvalue weighted by Gasteiger charge is 2.19. The molecular weight excluding hydrogens is 362 g/mol. The third-order valence-corrected chi connectivity index (χ3v) is 4.75. The Balaban J connectivity index is 2.58. The zero-order valence-electron chi connectivity index (χ0n) is 12.3. The highest BCUT2D eigenvalue weighted by atomic mass is 35.5. The number of nitrogens with zero attached hydrogens (tertiary/aromatic N) is 3. The molecule has 0 aliphatic heterocycles. The first-order chi connectivity index (χ1) is 11.3. The van der Waals surface area contributed by atoms with Crippen molar-refractivity contribution in [2.45, 2.75) is 13.3 Å². The van der Waals surface area contributed by atoms with E-state index in [0.29, 0.717) is 0 Å². The number of sulfonamides is 1. The molecule has 0 spiro atoms. The molecule has 0 saturated heterocycles. The van der Waals surface area contributed by atoms with Crippen molar-refractivity contribution in [3.05, 3.63) is 40.8 Å². The predicted octanol–water partition coefficient (Wildman–Crippen LogP) is 3.37. The van der Waals surface area contributed by atoms with Crippen molar-refractivity contribution in [3.8, 4) is 17.3 Å². The van der Waals surface area contributed by atoms with E-state index >= 15 is 0 Å². The second-order valence-corrected chi connectivity index (χ2v) is 6.99. The molecule has 0 amide bonds. The molecule has 2 rings (SSSR count). The Kier molecular flexibility index (Phi) is 5.31. The normalized spacial score (nSPS) is 11.3. The van der Waals surface area contributed by atoms with Crippen LogP contribution in [0.3, 0.4) is 0 Å². The predicted molar refractivity (Wildman–Crippen MR) is 85.2 cm³/mol. The van der Waals surface area contributed by atoms with Gasteiger partial charge in [0.25, 0.3) is 6.43 Å². The summed E-state index contributed by atoms with van der Waals surface area (Å²) in [6.07, 6.45) is -1.94. The molecule has 1 aromatic heterocycles. The summed E-state index contributed by atoms with van der Waals surface area (Å²) in [4.78, 5) is 7.30. The topological polar surface area (TPSA) is 95.7 Å². The fourth-order valence-electron chi connectivity index (χ4n) is 1.85. The Morgan fingerprint density at radius 3 is 2.67 bits per heavy atom. The van der Waals surface area contributed by atoms with Crippen LogP contribution in [0.2, 0.25) is 5.02 Å². The van der Waals surface area contributed by atoms with E-state index in [9.17, 15) is 17.2 Å². The first-order valence-corrected chi connectivity index (χ1v) is 8.65. The van der Waals surface area contributed by atoms with E-state index < -0.39 is 22.1 Å². The third kappa shape index (κ3) is 3.77. The molecule has 0 saturated carbocycles. The zero-order chi connectivity index (χ0) is 17.9. The number of rotatable bonds is 5. The number of nitriles is 1. The minimum Gasteiger partial charge on any atom is -0.282 e. The molecule has 1 N–H and O–H groups in total. The first kappa shape index (κ1) is 18.0. The second-order valence-electron chi connectivity index (χ2n) is 4.60. The lowest BCUT2D eigenvalue weighted by atomic mass is 10.1. The molecule has 0 bridgehead atoms. The van der Waals surface area contributed by atoms with Crippen molar-refractivity contribution in [2.75, 3.05) is 10.5 Å². The van der Waals surface area contributed by atoms with E-state index in [4.69, 9.17) is 16.9 Å². The highest BCUT2D eigenvalue weighted by Crippen LogP contribution is 2.34. The van der Waals surface area contributed by atoms with Gasteiger partial charge in [-0.05, 0) is 19.1 Å². The molecule has 24 heavy (non-hydrogen) atoms. The standard InChI is InChI=1S/C14H11ClF2N4O2S/c1-2-24(22,23)21-10-5-8(3-4-9(10)6-18)12-11(15)13(14(16)17)20-7-19-12/h3-5,7,14,21H,2H2,1H3. The summed E-state index contributed by atoms with van der Waals surface area (Å²) in [5.41, 5.74) is -0.234. The molecule has 2 aromatic rings. The molecule has 0 aliphatic carbocycles. The summed E-state index contributed by atoms with van der Waals surface area (Å²) >= 11 is 5.92. The van der Waals surface area contributed by atoms with E-state index in [1.54, 1.807) is 0 Å². The van der Waals surface area contributed by atoms with Crippen LogP contribution in [0.4, 0.5) is 14.5 Å². The van der Waals surface area contributed by atoms with Gasteiger partial charge in [0, 0.05) is 5.56 Å². The van der Waals surface area contributed by atoms with Crippen LogP contribution in [-0.2, 0) is 10.0 Å². The largest absolute Gasteiger partial charge is 0.282 e. The second kappa shape index (κ2) is 7.07. The summed E-state index contributed by atoms with van der Waals surface area (Å²) in [6, 6.07) is 5.95. The zero-order valence-corrected chi connectivity index (χ0v) is 13.9. The maximum absolute atomic E-state index is 12.9. The fourth-order valence-corrected chi connectivity index (χ4v) is 2.79. The fraction of sp³-hybridized carbons (Fsp3) is 0.214. The quantitative estimate of drug-likeness (QED) is 0.868. The van der Waals surface area contributed by atoms with Gasteiger partial charge in [0.1, 0.15) is 18.1 Å². The summed E-state index contributed by atoms with van der Waals surface area (Å²) < 4.78 is 51.5. The number of hydrogen-bond donors (Lipinski definition) is 1. The van der Waals surface area contributed by atoms with Gasteiger partial charge < -0.3 is 0 Å². The van der Waals surface area contributed by atoms with Gasteiger partial charge in [0.2, 0.25) is 10.0 Å². The van der Waals surface area contributed by atoms with E-state index in [1.807, 2.05) is 6.07 Å². The number of hydrogen-bond acceptors (Lipinski definition) is 5. The van der Waals surface area contributed by atoms with Crippen LogP contribution in [0.25, 0.3) is 11.3 Å². The van der Waals surface area contributed by atoms with E-state index in [2.05, 4.69) is 14.7 Å². The van der Waals surface area contributed by atoms with Crippen LogP contribution in [0.1, 0.15) is 24.6 Å². The van der Waals surface area contributed by atoms with Crippen LogP contribution < -0.4 is 4.72 Å². The number of anilines is 1. The molecule has 126 valence electrons. The van der Waals surface area contributed by atoms with Crippen molar-refractivity contribution in [1.82, 2.24) is 9.97 Å². The van der Waals surface area contributed by atoms with Gasteiger partial charge in [-0.1, -0.05) is 17.7 Å². The highest BCUT2D eigenvalue weighted by molar-refractivity contribution is 7.92.